The molecule has 0 spiro atoms. The van der Waals surface area contributed by atoms with E-state index < -0.39 is 0 Å². The highest BCUT2D eigenvalue weighted by molar-refractivity contribution is 5.29. The van der Waals surface area contributed by atoms with Crippen molar-refractivity contribution in [1.82, 2.24) is 5.32 Å². The van der Waals surface area contributed by atoms with E-state index in [2.05, 4.69) is 80.0 Å². The van der Waals surface area contributed by atoms with E-state index in [1.54, 1.807) is 0 Å². The van der Waals surface area contributed by atoms with Gasteiger partial charge in [0.1, 0.15) is 0 Å². The number of hydrogen-bond donors (Lipinski definition) is 1. The zero-order chi connectivity index (χ0) is 14.7. The van der Waals surface area contributed by atoms with Gasteiger partial charge < -0.3 is 5.32 Å². The Balaban J connectivity index is 1.77. The van der Waals surface area contributed by atoms with Gasteiger partial charge in [0.15, 0.2) is 0 Å². The second kappa shape index (κ2) is 6.44. The molecule has 1 aliphatic rings. The average Bonchev–Trinajstić information content (AvgIpc) is 3.34. The fraction of sp³-hybridized carbons (Fsp3) is 0.400. The summed E-state index contributed by atoms with van der Waals surface area (Å²) < 4.78 is 0. The van der Waals surface area contributed by atoms with Crippen LogP contribution in [0.3, 0.4) is 0 Å². The zero-order valence-electron chi connectivity index (χ0n) is 13.0. The molecule has 21 heavy (non-hydrogen) atoms. The van der Waals surface area contributed by atoms with Gasteiger partial charge in [0.05, 0.1) is 0 Å². The molecule has 110 valence electrons. The Morgan fingerprint density at radius 3 is 2.19 bits per heavy atom. The lowest BCUT2D eigenvalue weighted by molar-refractivity contribution is 0.402. The van der Waals surface area contributed by atoms with Gasteiger partial charge in [-0.25, -0.2) is 0 Å². The van der Waals surface area contributed by atoms with E-state index in [-0.39, 0.29) is 0 Å². The van der Waals surface area contributed by atoms with E-state index in [1.165, 1.54) is 24.0 Å². The Morgan fingerprint density at radius 2 is 1.62 bits per heavy atom. The van der Waals surface area contributed by atoms with Crippen molar-refractivity contribution >= 4 is 0 Å². The second-order valence-corrected chi connectivity index (χ2v) is 6.16. The minimum atomic E-state index is 0.572. The van der Waals surface area contributed by atoms with E-state index >= 15 is 0 Å². The first-order valence-corrected chi connectivity index (χ1v) is 8.12. The quantitative estimate of drug-likeness (QED) is 0.816. The molecule has 4 unspecified atom stereocenters. The third kappa shape index (κ3) is 3.03. The van der Waals surface area contributed by atoms with Crippen LogP contribution in [0.25, 0.3) is 0 Å². The van der Waals surface area contributed by atoms with Gasteiger partial charge in [-0.1, -0.05) is 67.6 Å². The zero-order valence-corrected chi connectivity index (χ0v) is 13.0. The smallest absolute Gasteiger partial charge is 0.0167 e. The summed E-state index contributed by atoms with van der Waals surface area (Å²) in [6, 6.07) is 22.5. The molecular weight excluding hydrogens is 254 g/mol. The molecule has 1 N–H and O–H groups in total. The van der Waals surface area contributed by atoms with Gasteiger partial charge >= 0.3 is 0 Å². The first kappa shape index (κ1) is 14.3. The summed E-state index contributed by atoms with van der Waals surface area (Å²) in [5.74, 6) is 2.11. The predicted molar refractivity (Wildman–Crippen MR) is 89.6 cm³/mol. The highest BCUT2D eigenvalue weighted by Gasteiger charge is 2.45. The van der Waals surface area contributed by atoms with Gasteiger partial charge in [-0.15, -0.1) is 0 Å². The van der Waals surface area contributed by atoms with E-state index in [9.17, 15) is 0 Å². The highest BCUT2D eigenvalue weighted by Crippen LogP contribution is 2.52. The minimum Gasteiger partial charge on any atom is -0.316 e. The number of hydrogen-bond acceptors (Lipinski definition) is 1. The molecule has 4 atom stereocenters. The molecule has 0 heterocycles. The predicted octanol–water partition coefficient (Wildman–Crippen LogP) is 4.57. The third-order valence-corrected chi connectivity index (χ3v) is 4.96. The van der Waals surface area contributed by atoms with Crippen LogP contribution in [0.5, 0.6) is 0 Å². The van der Waals surface area contributed by atoms with Crippen molar-refractivity contribution in [3.05, 3.63) is 71.8 Å². The molecule has 0 radical (unpaired) electrons. The lowest BCUT2D eigenvalue weighted by Crippen LogP contribution is -2.34. The van der Waals surface area contributed by atoms with Gasteiger partial charge in [0.25, 0.3) is 0 Å². The van der Waals surface area contributed by atoms with Crippen LogP contribution >= 0.6 is 0 Å². The first-order chi connectivity index (χ1) is 10.3. The van der Waals surface area contributed by atoms with Crippen LogP contribution in [0.2, 0.25) is 0 Å². The summed E-state index contributed by atoms with van der Waals surface area (Å²) in [6.07, 6.45) is 2.51. The maximum Gasteiger partial charge on any atom is 0.0167 e. The van der Waals surface area contributed by atoms with Crippen LogP contribution in [-0.4, -0.2) is 13.1 Å². The number of likely N-dealkylation sites (N-methyl/N-ethyl adjacent to an activating group) is 1. The van der Waals surface area contributed by atoms with Crippen molar-refractivity contribution in [2.75, 3.05) is 7.05 Å². The fourth-order valence-electron chi connectivity index (χ4n) is 3.81. The lowest BCUT2D eigenvalue weighted by atomic mass is 9.85. The van der Waals surface area contributed by atoms with Crippen LogP contribution in [0.4, 0.5) is 0 Å². The highest BCUT2D eigenvalue weighted by atomic mass is 14.9. The van der Waals surface area contributed by atoms with Crippen LogP contribution in [0.1, 0.15) is 42.7 Å². The summed E-state index contributed by atoms with van der Waals surface area (Å²) in [5.41, 5.74) is 2.98. The average molecular weight is 279 g/mol. The SMILES string of the molecule is CCC(c1ccccc1)C(NC)C1CC1c1ccccc1. The van der Waals surface area contributed by atoms with Gasteiger partial charge in [0, 0.05) is 6.04 Å². The Kier molecular flexibility index (Phi) is 4.40. The molecule has 0 aliphatic heterocycles. The molecular formula is C20H25N. The molecule has 2 aromatic carbocycles. The monoisotopic (exact) mass is 279 g/mol. The first-order valence-electron chi connectivity index (χ1n) is 8.12. The molecule has 1 saturated carbocycles. The summed E-state index contributed by atoms with van der Waals surface area (Å²) in [5, 5.41) is 3.61. The van der Waals surface area contributed by atoms with Crippen molar-refractivity contribution in [2.45, 2.75) is 37.6 Å². The maximum absolute atomic E-state index is 3.61. The summed E-state index contributed by atoms with van der Waals surface area (Å²) >= 11 is 0. The third-order valence-electron chi connectivity index (χ3n) is 4.96. The van der Waals surface area contributed by atoms with Crippen LogP contribution in [-0.2, 0) is 0 Å². The lowest BCUT2D eigenvalue weighted by Gasteiger charge is -2.27. The van der Waals surface area contributed by atoms with Crippen molar-refractivity contribution in [1.29, 1.82) is 0 Å². The summed E-state index contributed by atoms with van der Waals surface area (Å²) in [4.78, 5) is 0. The van der Waals surface area contributed by atoms with Crippen molar-refractivity contribution < 1.29 is 0 Å². The van der Waals surface area contributed by atoms with E-state index in [4.69, 9.17) is 0 Å². The molecule has 1 fully saturated rings. The Hall–Kier alpha value is -1.60. The standard InChI is InChI=1S/C20H25N/c1-3-17(15-10-6-4-7-11-15)20(21-2)19-14-18(19)16-12-8-5-9-13-16/h4-13,17-21H,3,14H2,1-2H3. The maximum atomic E-state index is 3.61. The molecule has 1 aliphatic carbocycles. The fourth-order valence-corrected chi connectivity index (χ4v) is 3.81. The molecule has 2 aromatic rings. The molecule has 0 saturated heterocycles. The Morgan fingerprint density at radius 1 is 1.00 bits per heavy atom. The number of rotatable bonds is 6. The molecule has 0 amide bonds. The molecule has 1 nitrogen and oxygen atoms in total. The van der Waals surface area contributed by atoms with E-state index in [1.807, 2.05) is 0 Å². The number of benzene rings is 2. The van der Waals surface area contributed by atoms with Crippen molar-refractivity contribution in [3.63, 3.8) is 0 Å². The molecule has 1 heteroatoms. The van der Waals surface area contributed by atoms with E-state index in [0.717, 1.165) is 11.8 Å². The second-order valence-electron chi connectivity index (χ2n) is 6.16. The van der Waals surface area contributed by atoms with Crippen LogP contribution in [0.15, 0.2) is 60.7 Å². The molecule has 3 rings (SSSR count). The van der Waals surface area contributed by atoms with Crippen LogP contribution in [0, 0.1) is 5.92 Å². The minimum absolute atomic E-state index is 0.572. The molecule has 0 bridgehead atoms. The molecule has 0 aromatic heterocycles. The summed E-state index contributed by atoms with van der Waals surface area (Å²) in [6.45, 7) is 2.31. The summed E-state index contributed by atoms with van der Waals surface area (Å²) in [7, 11) is 2.12. The largest absolute Gasteiger partial charge is 0.316 e. The van der Waals surface area contributed by atoms with Gasteiger partial charge in [0.2, 0.25) is 0 Å². The van der Waals surface area contributed by atoms with Gasteiger partial charge in [-0.3, -0.25) is 0 Å². The normalized spacial score (nSPS) is 23.5. The van der Waals surface area contributed by atoms with E-state index in [0.29, 0.717) is 12.0 Å². The van der Waals surface area contributed by atoms with Crippen LogP contribution < -0.4 is 5.32 Å². The van der Waals surface area contributed by atoms with Crippen molar-refractivity contribution in [2.24, 2.45) is 5.92 Å². The van der Waals surface area contributed by atoms with Gasteiger partial charge in [-0.05, 0) is 48.8 Å². The topological polar surface area (TPSA) is 12.0 Å². The number of nitrogens with one attached hydrogen (secondary N) is 1. The Bertz CT molecular complexity index is 549. The van der Waals surface area contributed by atoms with Gasteiger partial charge in [-0.2, -0.15) is 0 Å². The Labute approximate surface area is 128 Å². The van der Waals surface area contributed by atoms with Crippen molar-refractivity contribution in [3.8, 4) is 0 Å².